The Bertz CT molecular complexity index is 749. The van der Waals surface area contributed by atoms with Crippen molar-refractivity contribution in [2.45, 2.75) is 25.2 Å². The third-order valence-corrected chi connectivity index (χ3v) is 7.25. The summed E-state index contributed by atoms with van der Waals surface area (Å²) in [6.07, 6.45) is 0.984. The molecule has 0 amide bonds. The highest BCUT2D eigenvalue weighted by molar-refractivity contribution is 7.89. The van der Waals surface area contributed by atoms with Crippen molar-refractivity contribution in [1.29, 1.82) is 5.26 Å². The van der Waals surface area contributed by atoms with Crippen LogP contribution in [0, 0.1) is 28.1 Å². The molecule has 0 radical (unpaired) electrons. The molecule has 6 heteroatoms. The molecular weight excluding hydrogens is 312 g/mol. The molecule has 124 valence electrons. The van der Waals surface area contributed by atoms with Crippen molar-refractivity contribution >= 4 is 10.0 Å². The zero-order valence-corrected chi connectivity index (χ0v) is 14.6. The Labute approximate surface area is 137 Å². The number of sulfonamides is 1. The maximum absolute atomic E-state index is 12.9. The second-order valence-corrected chi connectivity index (χ2v) is 9.39. The number of hydrogen-bond acceptors (Lipinski definition) is 4. The summed E-state index contributed by atoms with van der Waals surface area (Å²) in [7, 11) is -1.85. The predicted octanol–water partition coefficient (Wildman–Crippen LogP) is 2.24. The van der Waals surface area contributed by atoms with Gasteiger partial charge in [0, 0.05) is 25.6 Å². The largest absolute Gasteiger partial charge is 0.384 e. The second kappa shape index (κ2) is 5.30. The lowest BCUT2D eigenvalue weighted by Gasteiger charge is -2.56. The van der Waals surface area contributed by atoms with Crippen LogP contribution < -0.4 is 0 Å². The van der Waals surface area contributed by atoms with Crippen molar-refractivity contribution in [3.63, 3.8) is 0 Å². The van der Waals surface area contributed by atoms with E-state index in [2.05, 4.69) is 13.8 Å². The van der Waals surface area contributed by atoms with E-state index in [1.165, 1.54) is 12.1 Å². The molecule has 0 unspecified atom stereocenters. The van der Waals surface area contributed by atoms with E-state index in [0.29, 0.717) is 31.2 Å². The number of fused-ring (bicyclic) bond motifs is 1. The van der Waals surface area contributed by atoms with E-state index < -0.39 is 10.0 Å². The van der Waals surface area contributed by atoms with Gasteiger partial charge in [0.05, 0.1) is 23.1 Å². The predicted molar refractivity (Wildman–Crippen MR) is 86.1 cm³/mol. The lowest BCUT2D eigenvalue weighted by molar-refractivity contribution is -0.106. The van der Waals surface area contributed by atoms with Gasteiger partial charge in [0.1, 0.15) is 0 Å². The van der Waals surface area contributed by atoms with Crippen LogP contribution in [-0.2, 0) is 14.8 Å². The van der Waals surface area contributed by atoms with Crippen LogP contribution in [0.2, 0.25) is 0 Å². The highest BCUT2D eigenvalue weighted by Gasteiger charge is 2.64. The molecule has 1 aromatic rings. The van der Waals surface area contributed by atoms with Gasteiger partial charge in [0.15, 0.2) is 0 Å². The summed E-state index contributed by atoms with van der Waals surface area (Å²) in [6, 6.07) is 8.14. The molecule has 0 bridgehead atoms. The summed E-state index contributed by atoms with van der Waals surface area (Å²) in [5.74, 6) is 0.322. The van der Waals surface area contributed by atoms with E-state index in [9.17, 15) is 8.42 Å². The maximum atomic E-state index is 12.9. The summed E-state index contributed by atoms with van der Waals surface area (Å²) in [6.45, 7) is 6.04. The fraction of sp³-hybridized carbons (Fsp3) is 0.588. The number of hydrogen-bond donors (Lipinski definition) is 0. The molecule has 0 N–H and O–H groups in total. The lowest BCUT2D eigenvalue weighted by Crippen LogP contribution is -2.55. The number of rotatable bonds is 4. The van der Waals surface area contributed by atoms with E-state index >= 15 is 0 Å². The summed E-state index contributed by atoms with van der Waals surface area (Å²) >= 11 is 0. The highest BCUT2D eigenvalue weighted by atomic mass is 32.2. The van der Waals surface area contributed by atoms with Crippen molar-refractivity contribution in [2.75, 3.05) is 26.8 Å². The van der Waals surface area contributed by atoms with E-state index in [1.807, 2.05) is 6.07 Å². The summed E-state index contributed by atoms with van der Waals surface area (Å²) in [5, 5.41) is 8.85. The van der Waals surface area contributed by atoms with Gasteiger partial charge in [0.2, 0.25) is 10.0 Å². The molecule has 2 atom stereocenters. The minimum Gasteiger partial charge on any atom is -0.384 e. The van der Waals surface area contributed by atoms with Gasteiger partial charge >= 0.3 is 0 Å². The molecule has 0 spiro atoms. The molecule has 2 fully saturated rings. The molecule has 0 aromatic heterocycles. The lowest BCUT2D eigenvalue weighted by atomic mass is 9.48. The first-order valence-corrected chi connectivity index (χ1v) is 9.18. The zero-order chi connectivity index (χ0) is 16.9. The summed E-state index contributed by atoms with van der Waals surface area (Å²) in [4.78, 5) is 0.253. The molecular formula is C17H22N2O3S. The normalized spacial score (nSPS) is 29.6. The first kappa shape index (κ1) is 16.4. The van der Waals surface area contributed by atoms with Crippen molar-refractivity contribution in [1.82, 2.24) is 4.31 Å². The molecule has 2 aliphatic rings. The van der Waals surface area contributed by atoms with Crippen molar-refractivity contribution in [3.8, 4) is 6.07 Å². The molecule has 1 heterocycles. The third kappa shape index (κ3) is 2.47. The van der Waals surface area contributed by atoms with E-state index in [-0.39, 0.29) is 15.7 Å². The molecule has 3 rings (SSSR count). The third-order valence-electron chi connectivity index (χ3n) is 5.42. The summed E-state index contributed by atoms with van der Waals surface area (Å²) < 4.78 is 32.8. The van der Waals surface area contributed by atoms with Crippen molar-refractivity contribution in [3.05, 3.63) is 29.8 Å². The minimum atomic E-state index is -3.53. The van der Waals surface area contributed by atoms with Crippen LogP contribution in [-0.4, -0.2) is 39.5 Å². The van der Waals surface area contributed by atoms with E-state index in [0.717, 1.165) is 6.42 Å². The molecule has 23 heavy (non-hydrogen) atoms. The van der Waals surface area contributed by atoms with Crippen LogP contribution in [0.15, 0.2) is 29.2 Å². The fourth-order valence-electron chi connectivity index (χ4n) is 4.60. The van der Waals surface area contributed by atoms with Crippen LogP contribution in [0.25, 0.3) is 0 Å². The Kier molecular flexibility index (Phi) is 3.79. The van der Waals surface area contributed by atoms with Gasteiger partial charge < -0.3 is 4.74 Å². The average molecular weight is 334 g/mol. The summed E-state index contributed by atoms with van der Waals surface area (Å²) in [5.41, 5.74) is 0.549. The molecule has 1 saturated heterocycles. The van der Waals surface area contributed by atoms with Crippen molar-refractivity contribution in [2.24, 2.45) is 16.7 Å². The van der Waals surface area contributed by atoms with Crippen molar-refractivity contribution < 1.29 is 13.2 Å². The molecule has 5 nitrogen and oxygen atoms in total. The van der Waals surface area contributed by atoms with Crippen LogP contribution >= 0.6 is 0 Å². The Balaban J connectivity index is 1.88. The van der Waals surface area contributed by atoms with Gasteiger partial charge in [-0.05, 0) is 42.0 Å². The standard InChI is InChI=1S/C17H22N2O3S/c1-16(2)10-17(12-22-3)11-19(9-15(16)17)23(20,21)14-6-4-13(8-18)5-7-14/h4-7,15H,9-12H2,1-3H3/t15-,17-/m1/s1. The smallest absolute Gasteiger partial charge is 0.243 e. The van der Waals surface area contributed by atoms with Gasteiger partial charge in [-0.3, -0.25) is 0 Å². The quantitative estimate of drug-likeness (QED) is 0.847. The number of ether oxygens (including phenoxy) is 1. The van der Waals surface area contributed by atoms with Gasteiger partial charge in [-0.15, -0.1) is 0 Å². The topological polar surface area (TPSA) is 70.4 Å². The van der Waals surface area contributed by atoms with Gasteiger partial charge in [-0.2, -0.15) is 9.57 Å². The SMILES string of the molecule is COC[C@@]12CN(S(=O)(=O)c3ccc(C#N)cc3)C[C@@H]1C(C)(C)C2. The highest BCUT2D eigenvalue weighted by Crippen LogP contribution is 2.63. The van der Waals surface area contributed by atoms with Crippen LogP contribution in [0.5, 0.6) is 0 Å². The van der Waals surface area contributed by atoms with Gasteiger partial charge in [0.25, 0.3) is 0 Å². The van der Waals surface area contributed by atoms with Crippen LogP contribution in [0.3, 0.4) is 0 Å². The molecule has 1 aromatic carbocycles. The average Bonchev–Trinajstić information content (AvgIpc) is 2.83. The number of nitrogens with zero attached hydrogens (tertiary/aromatic N) is 2. The van der Waals surface area contributed by atoms with E-state index in [4.69, 9.17) is 10.00 Å². The molecule has 1 aliphatic heterocycles. The monoisotopic (exact) mass is 334 g/mol. The first-order valence-electron chi connectivity index (χ1n) is 7.74. The van der Waals surface area contributed by atoms with Gasteiger partial charge in [-0.25, -0.2) is 8.42 Å². The Morgan fingerprint density at radius 2 is 2.00 bits per heavy atom. The number of methoxy groups -OCH3 is 1. The van der Waals surface area contributed by atoms with E-state index in [1.54, 1.807) is 23.5 Å². The van der Waals surface area contributed by atoms with Crippen LogP contribution in [0.4, 0.5) is 0 Å². The second-order valence-electron chi connectivity index (χ2n) is 7.45. The maximum Gasteiger partial charge on any atom is 0.243 e. The Morgan fingerprint density at radius 1 is 1.35 bits per heavy atom. The minimum absolute atomic E-state index is 0.0576. The molecule has 1 aliphatic carbocycles. The Hall–Kier alpha value is -1.42. The Morgan fingerprint density at radius 3 is 2.52 bits per heavy atom. The molecule has 1 saturated carbocycles. The van der Waals surface area contributed by atoms with Gasteiger partial charge in [-0.1, -0.05) is 13.8 Å². The van der Waals surface area contributed by atoms with Crippen LogP contribution in [0.1, 0.15) is 25.8 Å². The number of nitriles is 1. The number of benzene rings is 1. The zero-order valence-electron chi connectivity index (χ0n) is 13.7. The first-order chi connectivity index (χ1) is 10.7. The fourth-order valence-corrected chi connectivity index (χ4v) is 6.15.